The molecule has 0 spiro atoms. The lowest BCUT2D eigenvalue weighted by atomic mass is 10.2. The predicted molar refractivity (Wildman–Crippen MR) is 92.5 cm³/mol. The van der Waals surface area contributed by atoms with Crippen LogP contribution in [-0.4, -0.2) is 32.0 Å². The molecule has 0 atom stereocenters. The number of nitrogens with one attached hydrogen (secondary N) is 2. The van der Waals surface area contributed by atoms with E-state index in [0.29, 0.717) is 12.1 Å². The van der Waals surface area contributed by atoms with Crippen LogP contribution in [0.2, 0.25) is 5.02 Å². The van der Waals surface area contributed by atoms with E-state index in [2.05, 4.69) is 0 Å². The van der Waals surface area contributed by atoms with Gasteiger partial charge in [0.15, 0.2) is 0 Å². The number of urea groups is 1. The molecule has 0 bridgehead atoms. The smallest absolute Gasteiger partial charge is 0.305 e. The Labute approximate surface area is 165 Å². The maximum Gasteiger partial charge on any atom is 0.408 e. The van der Waals surface area contributed by atoms with E-state index in [4.69, 9.17) is 11.6 Å². The van der Waals surface area contributed by atoms with Crippen molar-refractivity contribution < 1.29 is 40.0 Å². The van der Waals surface area contributed by atoms with E-state index >= 15 is 0 Å². The highest BCUT2D eigenvalue weighted by Gasteiger charge is 2.54. The zero-order valence-corrected chi connectivity index (χ0v) is 15.5. The first-order chi connectivity index (χ1) is 13.4. The molecule has 2 aromatic carbocycles. The summed E-state index contributed by atoms with van der Waals surface area (Å²) in [6.45, 7) is 0. The lowest BCUT2D eigenvalue weighted by Gasteiger charge is -2.16. The van der Waals surface area contributed by atoms with Gasteiger partial charge in [-0.3, -0.25) is 10.1 Å². The van der Waals surface area contributed by atoms with Crippen LogP contribution in [0, 0.1) is 5.82 Å². The molecule has 0 heterocycles. The molecule has 0 unspecified atom stereocenters. The van der Waals surface area contributed by atoms with Crippen molar-refractivity contribution in [2.75, 3.05) is 5.32 Å². The third kappa shape index (κ3) is 4.65. The van der Waals surface area contributed by atoms with Crippen molar-refractivity contribution in [3.05, 3.63) is 58.9 Å². The summed E-state index contributed by atoms with van der Waals surface area (Å²) in [5.41, 5.74) is -0.769. The van der Waals surface area contributed by atoms with Crippen LogP contribution in [-0.2, 0) is 9.84 Å². The van der Waals surface area contributed by atoms with E-state index < -0.39 is 49.9 Å². The third-order valence-corrected chi connectivity index (χ3v) is 5.56. The second kappa shape index (κ2) is 8.33. The summed E-state index contributed by atoms with van der Waals surface area (Å²) < 4.78 is 88.1. The zero-order valence-electron chi connectivity index (χ0n) is 13.9. The third-order valence-electron chi connectivity index (χ3n) is 3.46. The van der Waals surface area contributed by atoms with Gasteiger partial charge in [0, 0.05) is 0 Å². The van der Waals surface area contributed by atoms with Crippen LogP contribution in [0.1, 0.15) is 10.4 Å². The minimum atomic E-state index is -5.89. The van der Waals surface area contributed by atoms with Crippen molar-refractivity contribution in [1.82, 2.24) is 5.32 Å². The van der Waals surface area contributed by atoms with Crippen LogP contribution < -0.4 is 10.6 Å². The van der Waals surface area contributed by atoms with Crippen molar-refractivity contribution in [1.29, 1.82) is 0 Å². The number of amides is 3. The first-order valence-corrected chi connectivity index (χ1v) is 9.31. The monoisotopic (exact) mass is 456 g/mol. The van der Waals surface area contributed by atoms with Crippen molar-refractivity contribution >= 4 is 39.1 Å². The Bertz CT molecular complexity index is 1060. The number of anilines is 1. The highest BCUT2D eigenvalue weighted by Crippen LogP contribution is 2.35. The van der Waals surface area contributed by atoms with E-state index in [1.165, 1.54) is 24.3 Å². The van der Waals surface area contributed by atoms with Crippen LogP contribution in [0.25, 0.3) is 0 Å². The number of hydrogen-bond donors (Lipinski definition) is 2. The van der Waals surface area contributed by atoms with Crippen molar-refractivity contribution in [3.63, 3.8) is 0 Å². The van der Waals surface area contributed by atoms with Gasteiger partial charge in [0.25, 0.3) is 5.91 Å². The number of rotatable bonds is 5. The van der Waals surface area contributed by atoms with Gasteiger partial charge in [-0.05, 0) is 30.3 Å². The van der Waals surface area contributed by atoms with Crippen molar-refractivity contribution in [2.24, 2.45) is 0 Å². The summed E-state index contributed by atoms with van der Waals surface area (Å²) in [4.78, 5) is 22.3. The molecule has 156 valence electrons. The average Bonchev–Trinajstić information content (AvgIpc) is 2.63. The molecule has 0 radical (unpaired) electrons. The number of sulfone groups is 1. The maximum atomic E-state index is 14.0. The molecule has 13 heteroatoms. The fourth-order valence-corrected chi connectivity index (χ4v) is 3.28. The number of imide groups is 1. The largest absolute Gasteiger partial charge is 0.408 e. The van der Waals surface area contributed by atoms with E-state index in [0.717, 1.165) is 0 Å². The van der Waals surface area contributed by atoms with Gasteiger partial charge in [-0.2, -0.15) is 8.78 Å². The maximum absolute atomic E-state index is 14.0. The first kappa shape index (κ1) is 22.6. The number of carbonyl (C=O) groups excluding carboxylic acids is 2. The summed E-state index contributed by atoms with van der Waals surface area (Å²) >= 11 is 5.78. The Morgan fingerprint density at radius 2 is 1.69 bits per heavy atom. The van der Waals surface area contributed by atoms with Crippen molar-refractivity contribution in [3.8, 4) is 0 Å². The van der Waals surface area contributed by atoms with Crippen LogP contribution in [0.4, 0.5) is 32.4 Å². The molecule has 2 rings (SSSR count). The summed E-state index contributed by atoms with van der Waals surface area (Å²) in [5.74, 6) is -2.46. The Morgan fingerprint density at radius 3 is 2.24 bits per heavy atom. The highest BCUT2D eigenvalue weighted by molar-refractivity contribution is 7.92. The molecule has 3 amide bonds. The molecule has 0 fully saturated rings. The molecule has 0 saturated carbocycles. The summed E-state index contributed by atoms with van der Waals surface area (Å²) in [6.07, 6.45) is -4.53. The quantitative estimate of drug-likeness (QED) is 0.663. The average molecular weight is 457 g/mol. The van der Waals surface area contributed by atoms with Gasteiger partial charge in [-0.25, -0.2) is 26.4 Å². The minimum absolute atomic E-state index is 0.0264. The van der Waals surface area contributed by atoms with Gasteiger partial charge in [0.2, 0.25) is 9.84 Å². The second-order valence-corrected chi connectivity index (χ2v) is 7.83. The molecule has 6 nitrogen and oxygen atoms in total. The van der Waals surface area contributed by atoms with E-state index in [1.54, 1.807) is 0 Å². The summed E-state index contributed by atoms with van der Waals surface area (Å²) in [6, 6.07) is 5.42. The Morgan fingerprint density at radius 1 is 1.07 bits per heavy atom. The minimum Gasteiger partial charge on any atom is -0.305 e. The SMILES string of the molecule is O=C(NC(=O)c1ccccc1Cl)Nc1ccc(S(=O)(=O)C(F)(F)C(F)F)cc1F. The summed E-state index contributed by atoms with van der Waals surface area (Å²) in [5, 5.41) is -1.74. The zero-order chi connectivity index (χ0) is 22.0. The molecular weight excluding hydrogens is 447 g/mol. The van der Waals surface area contributed by atoms with Gasteiger partial charge < -0.3 is 5.32 Å². The molecule has 0 aliphatic heterocycles. The molecule has 0 aliphatic carbocycles. The molecule has 0 aromatic heterocycles. The van der Waals surface area contributed by atoms with Gasteiger partial charge >= 0.3 is 17.7 Å². The number of carbonyl (C=O) groups is 2. The van der Waals surface area contributed by atoms with Crippen molar-refractivity contribution in [2.45, 2.75) is 16.6 Å². The number of alkyl halides is 4. The van der Waals surface area contributed by atoms with Crippen LogP contribution >= 0.6 is 11.6 Å². The van der Waals surface area contributed by atoms with Crippen LogP contribution in [0.5, 0.6) is 0 Å². The van der Waals surface area contributed by atoms with E-state index in [-0.39, 0.29) is 16.7 Å². The lowest BCUT2D eigenvalue weighted by Crippen LogP contribution is -2.36. The topological polar surface area (TPSA) is 92.3 Å². The summed E-state index contributed by atoms with van der Waals surface area (Å²) in [7, 11) is -5.89. The standard InChI is InChI=1S/C16H10ClF5N2O4S/c17-10-4-2-1-3-9(10)13(25)24-15(26)23-12-6-5-8(7-11(12)18)29(27,28)16(21,22)14(19)20/h1-7,14H,(H2,23,24,25,26). The van der Waals surface area contributed by atoms with Crippen LogP contribution in [0.15, 0.2) is 47.4 Å². The Hall–Kier alpha value is -2.73. The van der Waals surface area contributed by atoms with E-state index in [9.17, 15) is 40.0 Å². The van der Waals surface area contributed by atoms with E-state index in [1.807, 2.05) is 10.6 Å². The molecule has 0 aliphatic rings. The lowest BCUT2D eigenvalue weighted by molar-refractivity contribution is -0.0636. The molecule has 2 aromatic rings. The molecule has 29 heavy (non-hydrogen) atoms. The first-order valence-electron chi connectivity index (χ1n) is 7.45. The molecule has 0 saturated heterocycles. The number of hydrogen-bond acceptors (Lipinski definition) is 4. The molecular formula is C16H10ClF5N2O4S. The Balaban J connectivity index is 2.18. The fraction of sp³-hybridized carbons (Fsp3) is 0.125. The fourth-order valence-electron chi connectivity index (χ4n) is 2.01. The highest BCUT2D eigenvalue weighted by atomic mass is 35.5. The van der Waals surface area contributed by atoms with Crippen LogP contribution in [0.3, 0.4) is 0 Å². The molecule has 2 N–H and O–H groups in total. The van der Waals surface area contributed by atoms with Gasteiger partial charge in [0.05, 0.1) is 21.2 Å². The van der Waals surface area contributed by atoms with Gasteiger partial charge in [-0.1, -0.05) is 23.7 Å². The predicted octanol–water partition coefficient (Wildman–Crippen LogP) is 4.07. The van der Waals surface area contributed by atoms with Gasteiger partial charge in [0.1, 0.15) is 5.82 Å². The normalized spacial score (nSPS) is 12.0. The number of benzene rings is 2. The number of halogens is 6. The second-order valence-electron chi connectivity index (χ2n) is 5.40. The Kier molecular flexibility index (Phi) is 6.48. The van der Waals surface area contributed by atoms with Gasteiger partial charge in [-0.15, -0.1) is 0 Å².